The molecule has 0 fully saturated rings. The normalized spacial score (nSPS) is 10.6. The van der Waals surface area contributed by atoms with Gasteiger partial charge in [0, 0.05) is 18.1 Å². The van der Waals surface area contributed by atoms with E-state index in [1.54, 1.807) is 0 Å². The topological polar surface area (TPSA) is 52.6 Å². The molecule has 0 spiro atoms. The Morgan fingerprint density at radius 2 is 2.06 bits per heavy atom. The van der Waals surface area contributed by atoms with E-state index in [-0.39, 0.29) is 12.5 Å². The van der Waals surface area contributed by atoms with E-state index in [4.69, 9.17) is 16.7 Å². The zero-order valence-electron chi connectivity index (χ0n) is 9.82. The van der Waals surface area contributed by atoms with Crippen molar-refractivity contribution in [2.24, 2.45) is 0 Å². The zero-order valence-corrected chi connectivity index (χ0v) is 10.6. The fourth-order valence-corrected chi connectivity index (χ4v) is 1.58. The number of nitrogens with zero attached hydrogens (tertiary/aromatic N) is 1. The van der Waals surface area contributed by atoms with Gasteiger partial charge in [-0.15, -0.1) is 0 Å². The Kier molecular flexibility index (Phi) is 5.97. The first kappa shape index (κ1) is 14.0. The molecule has 1 rings (SSSR count). The lowest BCUT2D eigenvalue weighted by Gasteiger charge is -2.16. The third kappa shape index (κ3) is 5.68. The van der Waals surface area contributed by atoms with Crippen LogP contribution in [0.2, 0.25) is 5.02 Å². The van der Waals surface area contributed by atoms with Crippen LogP contribution in [-0.4, -0.2) is 42.7 Å². The zero-order chi connectivity index (χ0) is 12.7. The fraction of sp³-hybridized carbons (Fsp3) is 0.417. The van der Waals surface area contributed by atoms with Crippen molar-refractivity contribution in [1.82, 2.24) is 10.2 Å². The number of amides is 1. The molecule has 0 radical (unpaired) electrons. The van der Waals surface area contributed by atoms with Gasteiger partial charge in [-0.3, -0.25) is 9.69 Å². The fourth-order valence-electron chi connectivity index (χ4n) is 1.45. The van der Waals surface area contributed by atoms with Crippen LogP contribution in [0.25, 0.3) is 0 Å². The second kappa shape index (κ2) is 7.27. The van der Waals surface area contributed by atoms with E-state index >= 15 is 0 Å². The van der Waals surface area contributed by atoms with Crippen LogP contribution in [-0.2, 0) is 11.3 Å². The molecule has 0 aromatic heterocycles. The van der Waals surface area contributed by atoms with E-state index < -0.39 is 0 Å². The Morgan fingerprint density at radius 3 is 2.65 bits per heavy atom. The molecule has 4 nitrogen and oxygen atoms in total. The largest absolute Gasteiger partial charge is 0.395 e. The van der Waals surface area contributed by atoms with E-state index in [0.29, 0.717) is 24.7 Å². The summed E-state index contributed by atoms with van der Waals surface area (Å²) < 4.78 is 0. The summed E-state index contributed by atoms with van der Waals surface area (Å²) in [6, 6.07) is 7.53. The molecule has 94 valence electrons. The number of hydrogen-bond acceptors (Lipinski definition) is 3. The van der Waals surface area contributed by atoms with E-state index in [0.717, 1.165) is 5.56 Å². The maximum Gasteiger partial charge on any atom is 0.234 e. The molecule has 0 aliphatic rings. The van der Waals surface area contributed by atoms with Gasteiger partial charge < -0.3 is 10.4 Å². The van der Waals surface area contributed by atoms with E-state index in [9.17, 15) is 4.79 Å². The second-order valence-electron chi connectivity index (χ2n) is 3.87. The molecular weight excluding hydrogens is 240 g/mol. The number of hydrogen-bond donors (Lipinski definition) is 2. The smallest absolute Gasteiger partial charge is 0.234 e. The predicted octanol–water partition coefficient (Wildman–Crippen LogP) is 0.880. The summed E-state index contributed by atoms with van der Waals surface area (Å²) in [6.07, 6.45) is 0. The summed E-state index contributed by atoms with van der Waals surface area (Å²) in [4.78, 5) is 13.3. The van der Waals surface area contributed by atoms with Crippen LogP contribution in [0.5, 0.6) is 0 Å². The minimum absolute atomic E-state index is 0.0351. The number of aliphatic hydroxyl groups is 1. The third-order valence-electron chi connectivity index (χ3n) is 2.21. The SMILES string of the molecule is CN(CC(=O)NCCO)Cc1ccc(Cl)cc1. The highest BCUT2D eigenvalue weighted by Gasteiger charge is 2.06. The van der Waals surface area contributed by atoms with Crippen LogP contribution in [0.15, 0.2) is 24.3 Å². The van der Waals surface area contributed by atoms with Crippen LogP contribution in [0.1, 0.15) is 5.56 Å². The van der Waals surface area contributed by atoms with Crippen molar-refractivity contribution in [3.8, 4) is 0 Å². The first-order chi connectivity index (χ1) is 8.11. The highest BCUT2D eigenvalue weighted by Crippen LogP contribution is 2.10. The van der Waals surface area contributed by atoms with Gasteiger partial charge in [-0.2, -0.15) is 0 Å². The first-order valence-electron chi connectivity index (χ1n) is 5.42. The van der Waals surface area contributed by atoms with Gasteiger partial charge in [-0.25, -0.2) is 0 Å². The molecule has 1 aromatic rings. The Labute approximate surface area is 106 Å². The first-order valence-corrected chi connectivity index (χ1v) is 5.80. The summed E-state index contributed by atoms with van der Waals surface area (Å²) in [5.74, 6) is -0.0875. The Bertz CT molecular complexity index is 354. The lowest BCUT2D eigenvalue weighted by molar-refractivity contribution is -0.122. The number of rotatable bonds is 6. The number of halogens is 1. The van der Waals surface area contributed by atoms with Crippen molar-refractivity contribution in [3.05, 3.63) is 34.9 Å². The highest BCUT2D eigenvalue weighted by molar-refractivity contribution is 6.30. The molecule has 0 aliphatic heterocycles. The molecule has 0 saturated heterocycles. The van der Waals surface area contributed by atoms with E-state index in [1.165, 1.54) is 0 Å². The quantitative estimate of drug-likeness (QED) is 0.795. The number of carbonyl (C=O) groups excluding carboxylic acids is 1. The lowest BCUT2D eigenvalue weighted by atomic mass is 10.2. The molecule has 17 heavy (non-hydrogen) atoms. The molecule has 0 aliphatic carbocycles. The van der Waals surface area contributed by atoms with Gasteiger partial charge in [0.25, 0.3) is 0 Å². The molecule has 0 atom stereocenters. The van der Waals surface area contributed by atoms with Gasteiger partial charge in [-0.05, 0) is 24.7 Å². The lowest BCUT2D eigenvalue weighted by Crippen LogP contribution is -2.36. The number of nitrogens with one attached hydrogen (secondary N) is 1. The summed E-state index contributed by atoms with van der Waals surface area (Å²) in [6.45, 7) is 1.26. The Balaban J connectivity index is 2.36. The van der Waals surface area contributed by atoms with Crippen molar-refractivity contribution in [2.45, 2.75) is 6.54 Å². The molecule has 2 N–H and O–H groups in total. The van der Waals surface area contributed by atoms with Gasteiger partial charge in [-0.1, -0.05) is 23.7 Å². The van der Waals surface area contributed by atoms with Crippen LogP contribution in [0.3, 0.4) is 0 Å². The van der Waals surface area contributed by atoms with Crippen LogP contribution in [0.4, 0.5) is 0 Å². The van der Waals surface area contributed by atoms with Gasteiger partial charge in [0.1, 0.15) is 0 Å². The predicted molar refractivity (Wildman–Crippen MR) is 67.9 cm³/mol. The standard InChI is InChI=1S/C12H17ClN2O2/c1-15(9-12(17)14-6-7-16)8-10-2-4-11(13)5-3-10/h2-5,16H,6-9H2,1H3,(H,14,17). The van der Waals surface area contributed by atoms with Crippen molar-refractivity contribution in [1.29, 1.82) is 0 Å². The van der Waals surface area contributed by atoms with Crippen LogP contribution < -0.4 is 5.32 Å². The number of benzene rings is 1. The van der Waals surface area contributed by atoms with Crippen LogP contribution in [0, 0.1) is 0 Å². The monoisotopic (exact) mass is 256 g/mol. The minimum atomic E-state index is -0.0875. The second-order valence-corrected chi connectivity index (χ2v) is 4.31. The van der Waals surface area contributed by atoms with Gasteiger partial charge in [0.15, 0.2) is 0 Å². The molecule has 0 heterocycles. The van der Waals surface area contributed by atoms with Gasteiger partial charge in [0.05, 0.1) is 13.2 Å². The molecule has 0 unspecified atom stereocenters. The van der Waals surface area contributed by atoms with Gasteiger partial charge >= 0.3 is 0 Å². The number of carbonyl (C=O) groups is 1. The van der Waals surface area contributed by atoms with E-state index in [2.05, 4.69) is 5.32 Å². The average molecular weight is 257 g/mol. The van der Waals surface area contributed by atoms with E-state index in [1.807, 2.05) is 36.2 Å². The average Bonchev–Trinajstić information content (AvgIpc) is 2.29. The summed E-state index contributed by atoms with van der Waals surface area (Å²) in [5, 5.41) is 11.9. The minimum Gasteiger partial charge on any atom is -0.395 e. The molecular formula is C12H17ClN2O2. The number of aliphatic hydroxyl groups excluding tert-OH is 1. The molecule has 1 aromatic carbocycles. The van der Waals surface area contributed by atoms with Gasteiger partial charge in [0.2, 0.25) is 5.91 Å². The van der Waals surface area contributed by atoms with Crippen molar-refractivity contribution >= 4 is 17.5 Å². The third-order valence-corrected chi connectivity index (χ3v) is 2.47. The summed E-state index contributed by atoms with van der Waals surface area (Å²) in [7, 11) is 1.87. The molecule has 1 amide bonds. The molecule has 0 saturated carbocycles. The maximum absolute atomic E-state index is 11.4. The molecule has 0 bridgehead atoms. The van der Waals surface area contributed by atoms with Crippen molar-refractivity contribution in [3.63, 3.8) is 0 Å². The Morgan fingerprint density at radius 1 is 1.41 bits per heavy atom. The number of likely N-dealkylation sites (N-methyl/N-ethyl adjacent to an activating group) is 1. The molecule has 5 heteroatoms. The highest BCUT2D eigenvalue weighted by atomic mass is 35.5. The van der Waals surface area contributed by atoms with Crippen molar-refractivity contribution < 1.29 is 9.90 Å². The van der Waals surface area contributed by atoms with Crippen LogP contribution >= 0.6 is 11.6 Å². The van der Waals surface area contributed by atoms with Crippen molar-refractivity contribution in [2.75, 3.05) is 26.7 Å². The summed E-state index contributed by atoms with van der Waals surface area (Å²) >= 11 is 5.79. The Hall–Kier alpha value is -1.10. The summed E-state index contributed by atoms with van der Waals surface area (Å²) in [5.41, 5.74) is 1.10. The maximum atomic E-state index is 11.4.